The molecule has 0 saturated carbocycles. The van der Waals surface area contributed by atoms with Crippen LogP contribution in [-0.4, -0.2) is 27.4 Å². The first-order chi connectivity index (χ1) is 10.0. The second kappa shape index (κ2) is 5.26. The van der Waals surface area contributed by atoms with Crippen LogP contribution in [0.5, 0.6) is 5.75 Å². The third-order valence-corrected chi connectivity index (χ3v) is 3.29. The van der Waals surface area contributed by atoms with E-state index < -0.39 is 6.23 Å². The van der Waals surface area contributed by atoms with Crippen molar-refractivity contribution in [1.29, 1.82) is 0 Å². The van der Waals surface area contributed by atoms with E-state index in [2.05, 4.69) is 15.3 Å². The zero-order chi connectivity index (χ0) is 15.0. The van der Waals surface area contributed by atoms with Gasteiger partial charge >= 0.3 is 0 Å². The molecule has 0 aliphatic carbocycles. The van der Waals surface area contributed by atoms with Crippen molar-refractivity contribution < 1.29 is 9.84 Å². The van der Waals surface area contributed by atoms with Gasteiger partial charge in [-0.2, -0.15) is 0 Å². The van der Waals surface area contributed by atoms with Gasteiger partial charge in [0.25, 0.3) is 0 Å². The molecular weight excluding hydrogens is 266 g/mol. The molecule has 0 amide bonds. The van der Waals surface area contributed by atoms with Crippen LogP contribution in [0.2, 0.25) is 0 Å². The lowest BCUT2D eigenvalue weighted by atomic mass is 10.1. The quantitative estimate of drug-likeness (QED) is 0.811. The Kier molecular flexibility index (Phi) is 3.43. The van der Waals surface area contributed by atoms with Crippen LogP contribution in [0, 0.1) is 6.92 Å². The number of aryl methyl sites for hydroxylation is 1. The van der Waals surface area contributed by atoms with Crippen molar-refractivity contribution in [2.75, 3.05) is 5.32 Å². The van der Waals surface area contributed by atoms with Crippen LogP contribution >= 0.6 is 0 Å². The highest BCUT2D eigenvalue weighted by Crippen LogP contribution is 2.37. The molecule has 5 heteroatoms. The summed E-state index contributed by atoms with van der Waals surface area (Å²) in [5.41, 5.74) is 3.53. The Morgan fingerprint density at radius 3 is 2.86 bits per heavy atom. The van der Waals surface area contributed by atoms with Gasteiger partial charge in [-0.05, 0) is 45.0 Å². The Labute approximate surface area is 123 Å². The molecule has 0 spiro atoms. The summed E-state index contributed by atoms with van der Waals surface area (Å²) in [4.78, 5) is 7.31. The van der Waals surface area contributed by atoms with Crippen molar-refractivity contribution in [3.8, 4) is 5.75 Å². The molecule has 1 aliphatic rings. The predicted octanol–water partition coefficient (Wildman–Crippen LogP) is 2.79. The highest BCUT2D eigenvalue weighted by Gasteiger charge is 2.25. The molecule has 1 atom stereocenters. The molecule has 0 fully saturated rings. The van der Waals surface area contributed by atoms with Gasteiger partial charge in [0.2, 0.25) is 0 Å². The van der Waals surface area contributed by atoms with Crippen LogP contribution in [-0.2, 0) is 0 Å². The number of imidazole rings is 1. The van der Waals surface area contributed by atoms with Gasteiger partial charge in [-0.25, -0.2) is 4.98 Å². The van der Waals surface area contributed by atoms with Gasteiger partial charge in [0.05, 0.1) is 18.0 Å². The molecule has 1 aliphatic heterocycles. The topological polar surface area (TPSA) is 70.2 Å². The number of hydrogen-bond donors (Lipinski definition) is 3. The van der Waals surface area contributed by atoms with Crippen LogP contribution in [0.15, 0.2) is 24.4 Å². The number of hydrogen-bond acceptors (Lipinski definition) is 4. The first kappa shape index (κ1) is 13.7. The lowest BCUT2D eigenvalue weighted by Gasteiger charge is -2.10. The van der Waals surface area contributed by atoms with E-state index in [1.165, 1.54) is 0 Å². The summed E-state index contributed by atoms with van der Waals surface area (Å²) in [5, 5.41) is 13.2. The molecule has 1 aromatic heterocycles. The second-order valence-corrected chi connectivity index (χ2v) is 5.44. The summed E-state index contributed by atoms with van der Waals surface area (Å²) < 4.78 is 5.72. The van der Waals surface area contributed by atoms with E-state index in [0.29, 0.717) is 0 Å². The number of aromatic amines is 1. The highest BCUT2D eigenvalue weighted by atomic mass is 16.5. The summed E-state index contributed by atoms with van der Waals surface area (Å²) in [6.45, 7) is 5.88. The number of nitrogens with one attached hydrogen (secondary N) is 2. The van der Waals surface area contributed by atoms with Gasteiger partial charge in [0.15, 0.2) is 6.23 Å². The molecule has 2 heterocycles. The van der Waals surface area contributed by atoms with E-state index in [9.17, 15) is 5.11 Å². The Balaban J connectivity index is 1.99. The van der Waals surface area contributed by atoms with Gasteiger partial charge in [0.1, 0.15) is 11.6 Å². The van der Waals surface area contributed by atoms with E-state index in [0.717, 1.165) is 34.1 Å². The largest absolute Gasteiger partial charge is 0.491 e. The average molecular weight is 285 g/mol. The normalized spacial score (nSPS) is 18.9. The lowest BCUT2D eigenvalue weighted by molar-refractivity contribution is 0.242. The maximum atomic E-state index is 10.2. The summed E-state index contributed by atoms with van der Waals surface area (Å²) in [7, 11) is 0. The Bertz CT molecular complexity index is 689. The van der Waals surface area contributed by atoms with Crippen molar-refractivity contribution >= 4 is 17.3 Å². The van der Waals surface area contributed by atoms with Crippen LogP contribution < -0.4 is 10.1 Å². The zero-order valence-electron chi connectivity index (χ0n) is 12.3. The Morgan fingerprint density at radius 2 is 2.19 bits per heavy atom. The number of fused-ring (bicyclic) bond motifs is 1. The number of aliphatic hydroxyl groups excluding tert-OH is 1. The van der Waals surface area contributed by atoms with Gasteiger partial charge in [0, 0.05) is 16.8 Å². The third-order valence-electron chi connectivity index (χ3n) is 3.29. The molecule has 0 radical (unpaired) electrons. The molecule has 2 aromatic rings. The first-order valence-corrected chi connectivity index (χ1v) is 7.02. The molecule has 3 N–H and O–H groups in total. The van der Waals surface area contributed by atoms with Crippen molar-refractivity contribution in [1.82, 2.24) is 9.97 Å². The molecule has 21 heavy (non-hydrogen) atoms. The maximum absolute atomic E-state index is 10.2. The standard InChI is InChI=1S/C16H19N3O2/c1-9(2)21-12-4-5-15-13(7-12)14(16(20)19-15)6-11-8-17-10(3)18-11/h4-9,16,19-20H,1-3H3,(H,17,18). The monoisotopic (exact) mass is 285 g/mol. The number of benzene rings is 1. The van der Waals surface area contributed by atoms with Crippen molar-refractivity contribution in [2.24, 2.45) is 0 Å². The number of nitrogens with zero attached hydrogens (tertiary/aromatic N) is 1. The fourth-order valence-electron chi connectivity index (χ4n) is 2.44. The van der Waals surface area contributed by atoms with E-state index in [1.54, 1.807) is 6.20 Å². The molecule has 1 aromatic carbocycles. The molecule has 3 rings (SSSR count). The fourth-order valence-corrected chi connectivity index (χ4v) is 2.44. The van der Waals surface area contributed by atoms with E-state index in [-0.39, 0.29) is 6.10 Å². The number of ether oxygens (including phenoxy) is 1. The molecule has 1 unspecified atom stereocenters. The summed E-state index contributed by atoms with van der Waals surface area (Å²) in [6, 6.07) is 5.78. The third kappa shape index (κ3) is 2.78. The number of anilines is 1. The molecular formula is C16H19N3O2. The first-order valence-electron chi connectivity index (χ1n) is 7.02. The van der Waals surface area contributed by atoms with Crippen molar-refractivity contribution in [3.63, 3.8) is 0 Å². The van der Waals surface area contributed by atoms with Crippen LogP contribution in [0.25, 0.3) is 11.6 Å². The number of H-pyrrole nitrogens is 1. The maximum Gasteiger partial charge on any atom is 0.151 e. The van der Waals surface area contributed by atoms with Gasteiger partial charge in [-0.1, -0.05) is 0 Å². The van der Waals surface area contributed by atoms with E-state index >= 15 is 0 Å². The molecule has 5 nitrogen and oxygen atoms in total. The average Bonchev–Trinajstić information content (AvgIpc) is 2.95. The minimum absolute atomic E-state index is 0.116. The zero-order valence-corrected chi connectivity index (χ0v) is 12.3. The minimum Gasteiger partial charge on any atom is -0.491 e. The molecule has 0 bridgehead atoms. The second-order valence-electron chi connectivity index (χ2n) is 5.44. The molecule has 110 valence electrons. The highest BCUT2D eigenvalue weighted by molar-refractivity contribution is 5.94. The smallest absolute Gasteiger partial charge is 0.151 e. The van der Waals surface area contributed by atoms with Crippen LogP contribution in [0.3, 0.4) is 0 Å². The lowest BCUT2D eigenvalue weighted by Crippen LogP contribution is -2.12. The predicted molar refractivity (Wildman–Crippen MR) is 83.0 cm³/mol. The van der Waals surface area contributed by atoms with E-state index in [4.69, 9.17) is 4.74 Å². The Hall–Kier alpha value is -2.27. The summed E-state index contributed by atoms with van der Waals surface area (Å²) in [6.07, 6.45) is 3.05. The van der Waals surface area contributed by atoms with Crippen LogP contribution in [0.1, 0.15) is 30.9 Å². The Morgan fingerprint density at radius 1 is 1.38 bits per heavy atom. The van der Waals surface area contributed by atoms with Gasteiger partial charge < -0.3 is 20.1 Å². The molecule has 0 saturated heterocycles. The minimum atomic E-state index is -0.724. The SMILES string of the molecule is Cc1ncc(C=C2c3cc(OC(C)C)ccc3NC2O)[nH]1. The van der Waals surface area contributed by atoms with E-state index in [1.807, 2.05) is 45.0 Å². The van der Waals surface area contributed by atoms with Crippen molar-refractivity contribution in [3.05, 3.63) is 41.5 Å². The number of aliphatic hydroxyl groups is 1. The fraction of sp³-hybridized carbons (Fsp3) is 0.312. The van der Waals surface area contributed by atoms with Gasteiger partial charge in [-0.15, -0.1) is 0 Å². The van der Waals surface area contributed by atoms with Gasteiger partial charge in [-0.3, -0.25) is 0 Å². The van der Waals surface area contributed by atoms with Crippen LogP contribution in [0.4, 0.5) is 5.69 Å². The summed E-state index contributed by atoms with van der Waals surface area (Å²) >= 11 is 0. The summed E-state index contributed by atoms with van der Waals surface area (Å²) in [5.74, 6) is 1.64. The number of aromatic nitrogens is 2. The van der Waals surface area contributed by atoms with Crippen molar-refractivity contribution in [2.45, 2.75) is 33.1 Å². The number of rotatable bonds is 3.